The average Bonchev–Trinajstić information content (AvgIpc) is 3.36. The number of benzene rings is 1. The SMILES string of the molecule is N#Cc1c(-c2ccnc(NC(=O)C3CC3)c2)sc(-c2ncc[nH]2)c1-c1ccc(Cl)cc1Cl. The van der Waals surface area contributed by atoms with Gasteiger partial charge in [-0.15, -0.1) is 11.3 Å². The first-order chi connectivity index (χ1) is 15.5. The van der Waals surface area contributed by atoms with Gasteiger partial charge in [0.25, 0.3) is 0 Å². The van der Waals surface area contributed by atoms with Crippen molar-refractivity contribution in [3.05, 3.63) is 64.5 Å². The van der Waals surface area contributed by atoms with Crippen LogP contribution in [0.15, 0.2) is 48.9 Å². The van der Waals surface area contributed by atoms with Crippen LogP contribution in [0.1, 0.15) is 18.4 Å². The maximum Gasteiger partial charge on any atom is 0.228 e. The number of thiophene rings is 1. The Morgan fingerprint density at radius 3 is 2.69 bits per heavy atom. The van der Waals surface area contributed by atoms with E-state index in [1.807, 2.05) is 6.07 Å². The van der Waals surface area contributed by atoms with Crippen molar-refractivity contribution in [1.29, 1.82) is 5.26 Å². The molecule has 1 aromatic carbocycles. The molecule has 2 N–H and O–H groups in total. The second kappa shape index (κ2) is 8.40. The summed E-state index contributed by atoms with van der Waals surface area (Å²) in [5, 5.41) is 14.0. The Morgan fingerprint density at radius 1 is 1.16 bits per heavy atom. The Bertz CT molecular complexity index is 1370. The van der Waals surface area contributed by atoms with E-state index in [0.29, 0.717) is 38.4 Å². The van der Waals surface area contributed by atoms with Crippen LogP contribution >= 0.6 is 34.5 Å². The third-order valence-electron chi connectivity index (χ3n) is 5.16. The molecule has 1 fully saturated rings. The van der Waals surface area contributed by atoms with Crippen molar-refractivity contribution in [3.63, 3.8) is 0 Å². The van der Waals surface area contributed by atoms with Gasteiger partial charge in [0.2, 0.25) is 5.91 Å². The normalized spacial score (nSPS) is 13.0. The van der Waals surface area contributed by atoms with Crippen molar-refractivity contribution in [2.45, 2.75) is 12.8 Å². The number of nitrogens with one attached hydrogen (secondary N) is 2. The van der Waals surface area contributed by atoms with Crippen molar-refractivity contribution in [2.24, 2.45) is 5.92 Å². The zero-order chi connectivity index (χ0) is 22.2. The Labute approximate surface area is 197 Å². The molecule has 1 aliphatic carbocycles. The van der Waals surface area contributed by atoms with E-state index in [2.05, 4.69) is 26.3 Å². The first-order valence-electron chi connectivity index (χ1n) is 9.84. The molecule has 3 heterocycles. The smallest absolute Gasteiger partial charge is 0.228 e. The lowest BCUT2D eigenvalue weighted by molar-refractivity contribution is -0.117. The summed E-state index contributed by atoms with van der Waals surface area (Å²) in [6, 6.07) is 11.1. The Hall–Kier alpha value is -3.18. The van der Waals surface area contributed by atoms with Gasteiger partial charge in [-0.05, 0) is 42.7 Å². The van der Waals surface area contributed by atoms with Crippen LogP contribution in [0, 0.1) is 17.2 Å². The fourth-order valence-corrected chi connectivity index (χ4v) is 5.18. The molecular formula is C23H15Cl2N5OS. The van der Waals surface area contributed by atoms with Gasteiger partial charge in [0, 0.05) is 45.7 Å². The summed E-state index contributed by atoms with van der Waals surface area (Å²) in [6.07, 6.45) is 6.83. The zero-order valence-corrected chi connectivity index (χ0v) is 18.9. The molecule has 5 rings (SSSR count). The van der Waals surface area contributed by atoms with Crippen LogP contribution in [0.3, 0.4) is 0 Å². The van der Waals surface area contributed by atoms with Crippen molar-refractivity contribution < 1.29 is 4.79 Å². The van der Waals surface area contributed by atoms with Gasteiger partial charge in [-0.25, -0.2) is 9.97 Å². The third-order valence-corrected chi connectivity index (χ3v) is 6.95. The van der Waals surface area contributed by atoms with Crippen LogP contribution in [0.25, 0.3) is 32.3 Å². The molecule has 4 aromatic rings. The lowest BCUT2D eigenvalue weighted by Gasteiger charge is -2.07. The molecule has 0 saturated heterocycles. The van der Waals surface area contributed by atoms with Crippen LogP contribution in [0.2, 0.25) is 10.0 Å². The van der Waals surface area contributed by atoms with Crippen molar-refractivity contribution in [2.75, 3.05) is 5.32 Å². The topological polar surface area (TPSA) is 94.5 Å². The maximum absolute atomic E-state index is 12.2. The quantitative estimate of drug-likeness (QED) is 0.346. The maximum atomic E-state index is 12.2. The van der Waals surface area contributed by atoms with Crippen molar-refractivity contribution in [3.8, 4) is 38.3 Å². The summed E-state index contributed by atoms with van der Waals surface area (Å²) in [4.78, 5) is 25.5. The molecule has 0 atom stereocenters. The molecule has 0 aliphatic heterocycles. The number of aromatic amines is 1. The minimum Gasteiger partial charge on any atom is -0.344 e. The first-order valence-corrected chi connectivity index (χ1v) is 11.4. The minimum absolute atomic E-state index is 0.0220. The molecule has 0 bridgehead atoms. The van der Waals surface area contributed by atoms with Gasteiger partial charge >= 0.3 is 0 Å². The standard InChI is InChI=1S/C23H15Cl2N5OS/c24-14-3-4-15(17(25)10-14)19-16(11-26)20(32-21(19)22-28-7-8-29-22)13-5-6-27-18(9-13)30-23(31)12-1-2-12/h3-10,12H,1-2H2,(H,28,29)(H,27,30,31). The summed E-state index contributed by atoms with van der Waals surface area (Å²) in [5.74, 6) is 1.14. The number of halogens is 2. The number of nitriles is 1. The molecule has 0 unspecified atom stereocenters. The highest BCUT2D eigenvalue weighted by molar-refractivity contribution is 7.19. The lowest BCUT2D eigenvalue weighted by atomic mass is 9.98. The summed E-state index contributed by atoms with van der Waals surface area (Å²) in [5.41, 5.74) is 2.62. The molecule has 1 saturated carbocycles. The molecule has 1 amide bonds. The number of nitrogens with zero attached hydrogens (tertiary/aromatic N) is 3. The van der Waals surface area contributed by atoms with Gasteiger partial charge in [0.05, 0.1) is 15.3 Å². The number of imidazole rings is 1. The third kappa shape index (κ3) is 3.89. The van der Waals surface area contributed by atoms with Gasteiger partial charge in [0.15, 0.2) is 0 Å². The molecule has 1 aliphatic rings. The Kier molecular flexibility index (Phi) is 5.43. The summed E-state index contributed by atoms with van der Waals surface area (Å²) < 4.78 is 0. The number of carbonyl (C=O) groups is 1. The average molecular weight is 480 g/mol. The number of carbonyl (C=O) groups excluding carboxylic acids is 1. The van der Waals surface area contributed by atoms with E-state index >= 15 is 0 Å². The highest BCUT2D eigenvalue weighted by atomic mass is 35.5. The van der Waals surface area contributed by atoms with E-state index < -0.39 is 0 Å². The van der Waals surface area contributed by atoms with Crippen LogP contribution in [0.4, 0.5) is 5.82 Å². The van der Waals surface area contributed by atoms with Gasteiger partial charge < -0.3 is 10.3 Å². The molecular weight excluding hydrogens is 465 g/mol. The number of amides is 1. The highest BCUT2D eigenvalue weighted by Gasteiger charge is 2.30. The number of hydrogen-bond donors (Lipinski definition) is 2. The van der Waals surface area contributed by atoms with E-state index in [-0.39, 0.29) is 11.8 Å². The largest absolute Gasteiger partial charge is 0.344 e. The highest BCUT2D eigenvalue weighted by Crippen LogP contribution is 2.48. The van der Waals surface area contributed by atoms with Crippen LogP contribution in [0.5, 0.6) is 0 Å². The van der Waals surface area contributed by atoms with Gasteiger partial charge in [-0.2, -0.15) is 5.26 Å². The van der Waals surface area contributed by atoms with Gasteiger partial charge in [-0.3, -0.25) is 4.79 Å². The molecule has 9 heteroatoms. The predicted molar refractivity (Wildman–Crippen MR) is 127 cm³/mol. The van der Waals surface area contributed by atoms with E-state index in [1.165, 1.54) is 11.3 Å². The number of anilines is 1. The van der Waals surface area contributed by atoms with E-state index in [9.17, 15) is 10.1 Å². The monoisotopic (exact) mass is 479 g/mol. The number of aromatic nitrogens is 3. The number of rotatable bonds is 5. The van der Waals surface area contributed by atoms with Crippen molar-refractivity contribution >= 4 is 46.3 Å². The number of pyridine rings is 1. The van der Waals surface area contributed by atoms with E-state index in [1.54, 1.807) is 42.9 Å². The number of H-pyrrole nitrogens is 1. The van der Waals surface area contributed by atoms with Crippen LogP contribution in [-0.4, -0.2) is 20.9 Å². The second-order valence-corrected chi connectivity index (χ2v) is 9.24. The molecule has 0 spiro atoms. The molecule has 3 aromatic heterocycles. The summed E-state index contributed by atoms with van der Waals surface area (Å²) in [7, 11) is 0. The van der Waals surface area contributed by atoms with E-state index in [0.717, 1.165) is 28.2 Å². The first kappa shape index (κ1) is 20.7. The van der Waals surface area contributed by atoms with Crippen molar-refractivity contribution in [1.82, 2.24) is 15.0 Å². The molecule has 6 nitrogen and oxygen atoms in total. The lowest BCUT2D eigenvalue weighted by Crippen LogP contribution is -2.14. The van der Waals surface area contributed by atoms with Crippen LogP contribution in [-0.2, 0) is 4.79 Å². The minimum atomic E-state index is -0.0220. The second-order valence-electron chi connectivity index (χ2n) is 7.38. The predicted octanol–water partition coefficient (Wildman–Crippen LogP) is 6.39. The zero-order valence-electron chi connectivity index (χ0n) is 16.5. The van der Waals surface area contributed by atoms with Crippen LogP contribution < -0.4 is 5.32 Å². The molecule has 158 valence electrons. The summed E-state index contributed by atoms with van der Waals surface area (Å²) >= 11 is 14.0. The fraction of sp³-hybridized carbons (Fsp3) is 0.130. The molecule has 0 radical (unpaired) electrons. The molecule has 32 heavy (non-hydrogen) atoms. The Morgan fingerprint density at radius 2 is 2.00 bits per heavy atom. The van der Waals surface area contributed by atoms with E-state index in [4.69, 9.17) is 23.2 Å². The number of hydrogen-bond acceptors (Lipinski definition) is 5. The Balaban J connectivity index is 1.67. The summed E-state index contributed by atoms with van der Waals surface area (Å²) in [6.45, 7) is 0. The van der Waals surface area contributed by atoms with Gasteiger partial charge in [-0.1, -0.05) is 29.3 Å². The van der Waals surface area contributed by atoms with Gasteiger partial charge in [0.1, 0.15) is 17.7 Å². The fourth-order valence-electron chi connectivity index (χ4n) is 3.46.